The van der Waals surface area contributed by atoms with Crippen LogP contribution >= 0.6 is 11.6 Å². The van der Waals surface area contributed by atoms with E-state index in [2.05, 4.69) is 9.88 Å². The van der Waals surface area contributed by atoms with Crippen molar-refractivity contribution < 1.29 is 18.0 Å². The quantitative estimate of drug-likeness (QED) is 0.747. The molecule has 3 rings (SSSR count). The number of pyridine rings is 1. The zero-order valence-electron chi connectivity index (χ0n) is 16.2. The van der Waals surface area contributed by atoms with Crippen LogP contribution in [0.15, 0.2) is 42.6 Å². The van der Waals surface area contributed by atoms with Crippen LogP contribution in [-0.2, 0) is 11.0 Å². The zero-order valence-corrected chi connectivity index (χ0v) is 16.9. The number of hydrogen-bond donors (Lipinski definition) is 0. The summed E-state index contributed by atoms with van der Waals surface area (Å²) in [5.74, 6) is 0.310. The second-order valence-electron chi connectivity index (χ2n) is 7.10. The predicted octanol–water partition coefficient (Wildman–Crippen LogP) is 3.71. The van der Waals surface area contributed by atoms with Crippen LogP contribution < -0.4 is 4.90 Å². The largest absolute Gasteiger partial charge is 0.417 e. The number of anilines is 1. The highest BCUT2D eigenvalue weighted by atomic mass is 35.5. The predicted molar refractivity (Wildman–Crippen MR) is 106 cm³/mol. The molecule has 0 radical (unpaired) electrons. The van der Waals surface area contributed by atoms with Gasteiger partial charge in [0, 0.05) is 46.5 Å². The fourth-order valence-corrected chi connectivity index (χ4v) is 3.69. The number of halogens is 4. The molecule has 0 N–H and O–H groups in total. The lowest BCUT2D eigenvalue weighted by atomic mass is 10.0. The van der Waals surface area contributed by atoms with Gasteiger partial charge in [-0.25, -0.2) is 4.98 Å². The van der Waals surface area contributed by atoms with E-state index in [1.807, 2.05) is 35.2 Å². The van der Waals surface area contributed by atoms with Crippen molar-refractivity contribution in [1.29, 1.82) is 0 Å². The van der Waals surface area contributed by atoms with E-state index in [0.29, 0.717) is 32.0 Å². The van der Waals surface area contributed by atoms with Crippen LogP contribution in [0, 0.1) is 0 Å². The molecule has 1 aromatic heterocycles. The van der Waals surface area contributed by atoms with Crippen LogP contribution in [0.25, 0.3) is 0 Å². The number of amides is 1. The Labute approximate surface area is 172 Å². The van der Waals surface area contributed by atoms with E-state index in [-0.39, 0.29) is 10.9 Å². The molecule has 0 spiro atoms. The highest BCUT2D eigenvalue weighted by molar-refractivity contribution is 6.33. The van der Waals surface area contributed by atoms with Crippen LogP contribution in [0.5, 0.6) is 0 Å². The molecule has 2 aromatic rings. The number of benzene rings is 1. The van der Waals surface area contributed by atoms with Crippen LogP contribution in [0.1, 0.15) is 17.2 Å². The topological polar surface area (TPSA) is 39.7 Å². The Bertz CT molecular complexity index is 853. The van der Waals surface area contributed by atoms with Crippen molar-refractivity contribution in [2.24, 2.45) is 0 Å². The first-order valence-electron chi connectivity index (χ1n) is 9.16. The van der Waals surface area contributed by atoms with Gasteiger partial charge >= 0.3 is 6.18 Å². The van der Waals surface area contributed by atoms with Crippen LogP contribution in [-0.4, -0.2) is 61.0 Å². The Morgan fingerprint density at radius 1 is 1.14 bits per heavy atom. The minimum atomic E-state index is -4.48. The van der Waals surface area contributed by atoms with Gasteiger partial charge in [0.2, 0.25) is 5.91 Å². The molecule has 1 fully saturated rings. The maximum absolute atomic E-state index is 12.8. The summed E-state index contributed by atoms with van der Waals surface area (Å²) in [6.45, 7) is 2.11. The van der Waals surface area contributed by atoms with Crippen molar-refractivity contribution in [3.05, 3.63) is 58.7 Å². The van der Waals surface area contributed by atoms with Gasteiger partial charge in [-0.3, -0.25) is 9.69 Å². The third kappa shape index (κ3) is 4.82. The first kappa shape index (κ1) is 21.4. The first-order valence-corrected chi connectivity index (χ1v) is 9.54. The van der Waals surface area contributed by atoms with E-state index in [9.17, 15) is 18.0 Å². The molecule has 5 nitrogen and oxygen atoms in total. The summed E-state index contributed by atoms with van der Waals surface area (Å²) < 4.78 is 38.5. The van der Waals surface area contributed by atoms with Crippen molar-refractivity contribution in [2.45, 2.75) is 12.2 Å². The third-order valence-corrected chi connectivity index (χ3v) is 5.20. The van der Waals surface area contributed by atoms with Crippen molar-refractivity contribution >= 4 is 23.3 Å². The molecule has 0 saturated carbocycles. The molecule has 0 bridgehead atoms. The molecule has 0 aliphatic carbocycles. The van der Waals surface area contributed by atoms with Gasteiger partial charge < -0.3 is 9.80 Å². The molecule has 1 amide bonds. The highest BCUT2D eigenvalue weighted by Crippen LogP contribution is 2.34. The van der Waals surface area contributed by atoms with E-state index >= 15 is 0 Å². The summed E-state index contributed by atoms with van der Waals surface area (Å²) in [6, 6.07) is 10.0. The Morgan fingerprint density at radius 3 is 2.28 bits per heavy atom. The number of piperazine rings is 1. The fourth-order valence-electron chi connectivity index (χ4n) is 3.40. The summed E-state index contributed by atoms with van der Waals surface area (Å²) >= 11 is 6.08. The van der Waals surface area contributed by atoms with Crippen molar-refractivity contribution in [3.63, 3.8) is 0 Å². The van der Waals surface area contributed by atoms with Gasteiger partial charge in [0.25, 0.3) is 0 Å². The lowest BCUT2D eigenvalue weighted by molar-refractivity contribution is -0.138. The van der Waals surface area contributed by atoms with Crippen molar-refractivity contribution in [1.82, 2.24) is 14.8 Å². The van der Waals surface area contributed by atoms with Gasteiger partial charge in [0.15, 0.2) is 0 Å². The zero-order chi connectivity index (χ0) is 21.2. The molecule has 1 aliphatic rings. The SMILES string of the molecule is CN(C)C(=O)C(c1ccccc1)N1CCN(c2ncc(C(F)(F)F)cc2Cl)CC1. The van der Waals surface area contributed by atoms with Gasteiger partial charge in [-0.2, -0.15) is 13.2 Å². The molecule has 1 saturated heterocycles. The van der Waals surface area contributed by atoms with E-state index in [1.54, 1.807) is 19.0 Å². The van der Waals surface area contributed by atoms with Crippen LogP contribution in [0.2, 0.25) is 5.02 Å². The number of carbonyl (C=O) groups excluding carboxylic acids is 1. The number of alkyl halides is 3. The monoisotopic (exact) mass is 426 g/mol. The Hall–Kier alpha value is -2.32. The minimum Gasteiger partial charge on any atom is -0.353 e. The summed E-state index contributed by atoms with van der Waals surface area (Å²) in [5.41, 5.74) is 0.0379. The fraction of sp³-hybridized carbons (Fsp3) is 0.400. The number of likely N-dealkylation sites (N-methyl/N-ethyl adjacent to an activating group) is 1. The number of carbonyl (C=O) groups is 1. The average Bonchev–Trinajstić information content (AvgIpc) is 2.69. The maximum Gasteiger partial charge on any atom is 0.417 e. The lowest BCUT2D eigenvalue weighted by Crippen LogP contribution is -2.51. The third-order valence-electron chi connectivity index (χ3n) is 4.92. The maximum atomic E-state index is 12.8. The summed E-state index contributed by atoms with van der Waals surface area (Å²) in [6.07, 6.45) is -3.68. The summed E-state index contributed by atoms with van der Waals surface area (Å²) in [5, 5.41) is -0.0303. The Balaban J connectivity index is 1.76. The van der Waals surface area contributed by atoms with Crippen molar-refractivity contribution in [3.8, 4) is 0 Å². The molecule has 1 aromatic carbocycles. The van der Waals surface area contributed by atoms with E-state index in [1.165, 1.54) is 0 Å². The number of nitrogens with zero attached hydrogens (tertiary/aromatic N) is 4. The Morgan fingerprint density at radius 2 is 1.76 bits per heavy atom. The van der Waals surface area contributed by atoms with Crippen molar-refractivity contribution in [2.75, 3.05) is 45.2 Å². The number of aromatic nitrogens is 1. The molecule has 1 unspecified atom stereocenters. The second kappa shape index (κ2) is 8.59. The molecule has 156 valence electrons. The van der Waals surface area contributed by atoms with E-state index < -0.39 is 17.8 Å². The molecular weight excluding hydrogens is 405 g/mol. The highest BCUT2D eigenvalue weighted by Gasteiger charge is 2.34. The Kier molecular flexibility index (Phi) is 6.33. The molecule has 29 heavy (non-hydrogen) atoms. The number of hydrogen-bond acceptors (Lipinski definition) is 4. The van der Waals surface area contributed by atoms with E-state index in [4.69, 9.17) is 11.6 Å². The standard InChI is InChI=1S/C20H22ClF3N4O/c1-26(2)19(29)17(14-6-4-3-5-7-14)27-8-10-28(11-9-27)18-16(21)12-15(13-25-18)20(22,23)24/h3-7,12-13,17H,8-11H2,1-2H3. The number of rotatable bonds is 4. The first-order chi connectivity index (χ1) is 13.7. The van der Waals surface area contributed by atoms with E-state index in [0.717, 1.165) is 17.8 Å². The van der Waals surface area contributed by atoms with Gasteiger partial charge in [0.1, 0.15) is 11.9 Å². The molecule has 1 aliphatic heterocycles. The van der Waals surface area contributed by atoms with Gasteiger partial charge in [-0.15, -0.1) is 0 Å². The average molecular weight is 427 g/mol. The van der Waals surface area contributed by atoms with Gasteiger partial charge in [0.05, 0.1) is 10.6 Å². The summed E-state index contributed by atoms with van der Waals surface area (Å²) in [4.78, 5) is 22.2. The lowest BCUT2D eigenvalue weighted by Gasteiger charge is -2.40. The second-order valence-corrected chi connectivity index (χ2v) is 7.50. The minimum absolute atomic E-state index is 0.0182. The molecule has 1 atom stereocenters. The summed E-state index contributed by atoms with van der Waals surface area (Å²) in [7, 11) is 3.45. The molecule has 9 heteroatoms. The van der Waals surface area contributed by atoms with Gasteiger partial charge in [-0.1, -0.05) is 41.9 Å². The molecule has 2 heterocycles. The van der Waals surface area contributed by atoms with Gasteiger partial charge in [-0.05, 0) is 11.6 Å². The smallest absolute Gasteiger partial charge is 0.353 e. The normalized spacial score (nSPS) is 16.6. The van der Waals surface area contributed by atoms with Crippen LogP contribution in [0.3, 0.4) is 0 Å². The molecular formula is C20H22ClF3N4O. The van der Waals surface area contributed by atoms with Crippen LogP contribution in [0.4, 0.5) is 19.0 Å².